The number of thiazole rings is 1. The maximum atomic E-state index is 5.86. The summed E-state index contributed by atoms with van der Waals surface area (Å²) in [4.78, 5) is 7.03. The number of aromatic nitrogens is 1. The Labute approximate surface area is 114 Å². The van der Waals surface area contributed by atoms with Crippen molar-refractivity contribution < 1.29 is 0 Å². The number of rotatable bonds is 3. The summed E-state index contributed by atoms with van der Waals surface area (Å²) in [5, 5.41) is 3.35. The van der Waals surface area contributed by atoms with Crippen LogP contribution in [0, 0.1) is 12.8 Å². The molecule has 1 aliphatic rings. The van der Waals surface area contributed by atoms with E-state index in [9.17, 15) is 0 Å². The second kappa shape index (κ2) is 6.69. The third kappa shape index (κ3) is 3.91. The van der Waals surface area contributed by atoms with Crippen LogP contribution in [0.5, 0.6) is 0 Å². The first-order chi connectivity index (χ1) is 7.69. The van der Waals surface area contributed by atoms with Crippen molar-refractivity contribution in [2.24, 2.45) is 11.7 Å². The van der Waals surface area contributed by atoms with Crippen LogP contribution in [-0.4, -0.2) is 29.0 Å². The fourth-order valence-corrected chi connectivity index (χ4v) is 3.20. The first-order valence-corrected chi connectivity index (χ1v) is 6.92. The highest BCUT2D eigenvalue weighted by Crippen LogP contribution is 2.24. The van der Waals surface area contributed by atoms with Crippen molar-refractivity contribution in [2.45, 2.75) is 39.3 Å². The van der Waals surface area contributed by atoms with Gasteiger partial charge in [-0.05, 0) is 32.2 Å². The fourth-order valence-electron chi connectivity index (χ4n) is 2.40. The van der Waals surface area contributed by atoms with E-state index in [2.05, 4.69) is 29.1 Å². The minimum absolute atomic E-state index is 0. The molecular weight excluding hydrogens is 254 g/mol. The van der Waals surface area contributed by atoms with Gasteiger partial charge in [0.05, 0.1) is 6.54 Å². The second-order valence-electron chi connectivity index (χ2n) is 4.87. The summed E-state index contributed by atoms with van der Waals surface area (Å²) in [6.45, 7) is 7.30. The van der Waals surface area contributed by atoms with Gasteiger partial charge in [-0.1, -0.05) is 6.92 Å². The Kier molecular flexibility index (Phi) is 5.86. The molecular formula is C12H22ClN3S. The lowest BCUT2D eigenvalue weighted by atomic mass is 9.92. The fraction of sp³-hybridized carbons (Fsp3) is 0.750. The first-order valence-electron chi connectivity index (χ1n) is 6.04. The first kappa shape index (κ1) is 14.9. The van der Waals surface area contributed by atoms with E-state index in [0.29, 0.717) is 6.04 Å². The zero-order chi connectivity index (χ0) is 11.5. The minimum Gasteiger partial charge on any atom is -0.329 e. The molecule has 2 rings (SSSR count). The number of piperidine rings is 1. The summed E-state index contributed by atoms with van der Waals surface area (Å²) in [7, 11) is 0. The molecule has 0 aromatic carbocycles. The van der Waals surface area contributed by atoms with Gasteiger partial charge in [0.1, 0.15) is 5.01 Å². The Balaban J connectivity index is 0.00000144. The normalized spacial score (nSPS) is 25.6. The molecule has 1 aromatic rings. The van der Waals surface area contributed by atoms with Crippen LogP contribution in [0.1, 0.15) is 30.5 Å². The van der Waals surface area contributed by atoms with Gasteiger partial charge in [-0.2, -0.15) is 0 Å². The zero-order valence-corrected chi connectivity index (χ0v) is 12.2. The number of hydrogen-bond acceptors (Lipinski definition) is 4. The molecule has 3 nitrogen and oxygen atoms in total. The molecule has 0 amide bonds. The van der Waals surface area contributed by atoms with E-state index in [1.807, 2.05) is 0 Å². The number of nitrogens with zero attached hydrogens (tertiary/aromatic N) is 2. The summed E-state index contributed by atoms with van der Waals surface area (Å²) in [5.41, 5.74) is 6.99. The smallest absolute Gasteiger partial charge is 0.107 e. The Morgan fingerprint density at radius 3 is 2.94 bits per heavy atom. The molecule has 98 valence electrons. The third-order valence-electron chi connectivity index (χ3n) is 3.38. The van der Waals surface area contributed by atoms with Crippen LogP contribution >= 0.6 is 23.7 Å². The van der Waals surface area contributed by atoms with Crippen molar-refractivity contribution in [3.05, 3.63) is 16.1 Å². The van der Waals surface area contributed by atoms with Crippen LogP contribution in [0.4, 0.5) is 0 Å². The van der Waals surface area contributed by atoms with Gasteiger partial charge in [-0.25, -0.2) is 4.98 Å². The number of halogens is 1. The standard InChI is InChI=1S/C12H21N3S.ClH/c1-9-3-4-15(11(5-9)6-13)7-12-14-10(2)8-16-12;/h8-9,11H,3-7,13H2,1-2H3;1H. The third-order valence-corrected chi connectivity index (χ3v) is 4.33. The zero-order valence-electron chi connectivity index (χ0n) is 10.6. The number of hydrogen-bond donors (Lipinski definition) is 1. The molecule has 0 bridgehead atoms. The lowest BCUT2D eigenvalue weighted by Gasteiger charge is -2.37. The number of likely N-dealkylation sites (tertiary alicyclic amines) is 1. The van der Waals surface area contributed by atoms with Gasteiger partial charge in [0.25, 0.3) is 0 Å². The molecule has 5 heteroatoms. The summed E-state index contributed by atoms with van der Waals surface area (Å²) in [5.74, 6) is 0.822. The molecule has 0 spiro atoms. The van der Waals surface area contributed by atoms with Gasteiger partial charge in [-0.3, -0.25) is 4.90 Å². The highest BCUT2D eigenvalue weighted by molar-refractivity contribution is 7.09. The highest BCUT2D eigenvalue weighted by atomic mass is 35.5. The van der Waals surface area contributed by atoms with Gasteiger partial charge >= 0.3 is 0 Å². The average Bonchev–Trinajstić information content (AvgIpc) is 2.67. The topological polar surface area (TPSA) is 42.1 Å². The quantitative estimate of drug-likeness (QED) is 0.921. The molecule has 2 heterocycles. The monoisotopic (exact) mass is 275 g/mol. The molecule has 1 aromatic heterocycles. The van der Waals surface area contributed by atoms with E-state index >= 15 is 0 Å². The maximum Gasteiger partial charge on any atom is 0.107 e. The second-order valence-corrected chi connectivity index (χ2v) is 5.81. The molecule has 2 atom stereocenters. The van der Waals surface area contributed by atoms with E-state index in [4.69, 9.17) is 5.73 Å². The van der Waals surface area contributed by atoms with Crippen LogP contribution in [0.25, 0.3) is 0 Å². The lowest BCUT2D eigenvalue weighted by Crippen LogP contribution is -2.45. The average molecular weight is 276 g/mol. The maximum absolute atomic E-state index is 5.86. The van der Waals surface area contributed by atoms with Gasteiger partial charge in [0.2, 0.25) is 0 Å². The Morgan fingerprint density at radius 1 is 1.59 bits per heavy atom. The van der Waals surface area contributed by atoms with E-state index in [1.165, 1.54) is 24.4 Å². The Hall–Kier alpha value is -0.160. The van der Waals surface area contributed by atoms with Gasteiger partial charge in [-0.15, -0.1) is 23.7 Å². The van der Waals surface area contributed by atoms with Gasteiger partial charge in [0, 0.05) is 23.7 Å². The van der Waals surface area contributed by atoms with Crippen LogP contribution in [0.15, 0.2) is 5.38 Å². The largest absolute Gasteiger partial charge is 0.329 e. The van der Waals surface area contributed by atoms with Crippen LogP contribution in [0.2, 0.25) is 0 Å². The van der Waals surface area contributed by atoms with Crippen molar-refractivity contribution in [3.63, 3.8) is 0 Å². The molecule has 1 fully saturated rings. The molecule has 1 saturated heterocycles. The van der Waals surface area contributed by atoms with E-state index in [0.717, 1.165) is 24.7 Å². The SMILES string of the molecule is Cc1csc(CN2CCC(C)CC2CN)n1.Cl. The predicted octanol–water partition coefficient (Wildman–Crippen LogP) is 2.43. The number of aryl methyl sites for hydroxylation is 1. The van der Waals surface area contributed by atoms with Gasteiger partial charge < -0.3 is 5.73 Å². The Morgan fingerprint density at radius 2 is 2.35 bits per heavy atom. The van der Waals surface area contributed by atoms with E-state index < -0.39 is 0 Å². The molecule has 2 N–H and O–H groups in total. The summed E-state index contributed by atoms with van der Waals surface area (Å²) in [6, 6.07) is 0.549. The van der Waals surface area contributed by atoms with E-state index in [-0.39, 0.29) is 12.4 Å². The van der Waals surface area contributed by atoms with Crippen LogP contribution in [-0.2, 0) is 6.54 Å². The summed E-state index contributed by atoms with van der Waals surface area (Å²) >= 11 is 1.76. The highest BCUT2D eigenvalue weighted by Gasteiger charge is 2.25. The molecule has 0 aliphatic carbocycles. The van der Waals surface area contributed by atoms with E-state index in [1.54, 1.807) is 11.3 Å². The predicted molar refractivity (Wildman–Crippen MR) is 75.7 cm³/mol. The van der Waals surface area contributed by atoms with Gasteiger partial charge in [0.15, 0.2) is 0 Å². The van der Waals surface area contributed by atoms with Crippen molar-refractivity contribution in [3.8, 4) is 0 Å². The summed E-state index contributed by atoms with van der Waals surface area (Å²) in [6.07, 6.45) is 2.53. The van der Waals surface area contributed by atoms with Crippen LogP contribution in [0.3, 0.4) is 0 Å². The molecule has 1 aliphatic heterocycles. The Bertz CT molecular complexity index is 342. The van der Waals surface area contributed by atoms with Crippen molar-refractivity contribution in [1.29, 1.82) is 0 Å². The van der Waals surface area contributed by atoms with Crippen LogP contribution < -0.4 is 5.73 Å². The molecule has 2 unspecified atom stereocenters. The van der Waals surface area contributed by atoms with Crippen molar-refractivity contribution >= 4 is 23.7 Å². The molecule has 0 saturated carbocycles. The lowest BCUT2D eigenvalue weighted by molar-refractivity contribution is 0.115. The van der Waals surface area contributed by atoms with Crippen molar-refractivity contribution in [1.82, 2.24) is 9.88 Å². The molecule has 0 radical (unpaired) electrons. The number of nitrogens with two attached hydrogens (primary N) is 1. The van der Waals surface area contributed by atoms with Crippen molar-refractivity contribution in [2.75, 3.05) is 13.1 Å². The summed E-state index contributed by atoms with van der Waals surface area (Å²) < 4.78 is 0. The minimum atomic E-state index is 0. The molecule has 17 heavy (non-hydrogen) atoms.